The third kappa shape index (κ3) is 3.40. The molecule has 0 radical (unpaired) electrons. The second kappa shape index (κ2) is 8.40. The first-order chi connectivity index (χ1) is 14.5. The molecule has 2 aliphatic heterocycles. The molecule has 2 heterocycles. The molecule has 2 fully saturated rings. The molecule has 2 N–H and O–H groups in total. The Hall–Kier alpha value is -2.37. The molecule has 0 aromatic heterocycles. The van der Waals surface area contributed by atoms with Crippen molar-refractivity contribution in [1.29, 1.82) is 0 Å². The minimum atomic E-state index is -0.418. The number of hydrogen-bond acceptors (Lipinski definition) is 3. The lowest BCUT2D eigenvalue weighted by molar-refractivity contribution is -0.140. The third-order valence-corrected chi connectivity index (χ3v) is 7.48. The van der Waals surface area contributed by atoms with E-state index in [4.69, 9.17) is 5.73 Å². The van der Waals surface area contributed by atoms with Gasteiger partial charge in [-0.1, -0.05) is 44.4 Å². The van der Waals surface area contributed by atoms with E-state index in [1.165, 1.54) is 0 Å². The van der Waals surface area contributed by atoms with Crippen LogP contribution in [0.4, 0.5) is 0 Å². The van der Waals surface area contributed by atoms with Crippen molar-refractivity contribution in [3.63, 3.8) is 0 Å². The van der Waals surface area contributed by atoms with Gasteiger partial charge in [0.05, 0.1) is 11.5 Å². The minimum Gasteiger partial charge on any atom is -0.369 e. The molecule has 1 aliphatic carbocycles. The predicted molar refractivity (Wildman–Crippen MR) is 115 cm³/mol. The van der Waals surface area contributed by atoms with Gasteiger partial charge < -0.3 is 15.5 Å². The number of piperidine rings is 1. The van der Waals surface area contributed by atoms with E-state index in [0.29, 0.717) is 38.0 Å². The van der Waals surface area contributed by atoms with Crippen LogP contribution in [-0.2, 0) is 9.59 Å². The standard InChI is InChI=1S/C24H33N3O3/c1-2-3-14-27-22(29)19-9-5-4-8-18(19)20(24(27)12-6-7-13-24)23(30)26-15-10-17(11-16-26)21(25)28/h4-5,8-9,17,20H,2-3,6-7,10-16H2,1H3,(H2,25,28)/t20-/m0/s1. The van der Waals surface area contributed by atoms with E-state index >= 15 is 0 Å². The van der Waals surface area contributed by atoms with Crippen molar-refractivity contribution in [3.8, 4) is 0 Å². The number of amides is 3. The zero-order valence-corrected chi connectivity index (χ0v) is 17.9. The molecule has 3 amide bonds. The number of nitrogens with zero attached hydrogens (tertiary/aromatic N) is 2. The van der Waals surface area contributed by atoms with Gasteiger partial charge in [-0.15, -0.1) is 0 Å². The van der Waals surface area contributed by atoms with E-state index in [2.05, 4.69) is 6.92 Å². The van der Waals surface area contributed by atoms with Crippen molar-refractivity contribution >= 4 is 17.7 Å². The molecule has 0 bridgehead atoms. The van der Waals surface area contributed by atoms with Crippen LogP contribution in [0.2, 0.25) is 0 Å². The average molecular weight is 412 g/mol. The zero-order valence-electron chi connectivity index (χ0n) is 17.9. The largest absolute Gasteiger partial charge is 0.369 e. The number of unbranched alkanes of at least 4 members (excludes halogenated alkanes) is 1. The van der Waals surface area contributed by atoms with Crippen molar-refractivity contribution in [2.75, 3.05) is 19.6 Å². The van der Waals surface area contributed by atoms with E-state index in [0.717, 1.165) is 44.1 Å². The Balaban J connectivity index is 1.72. The number of carbonyl (C=O) groups is 3. The van der Waals surface area contributed by atoms with Gasteiger partial charge in [0.1, 0.15) is 0 Å². The van der Waals surface area contributed by atoms with Gasteiger partial charge in [-0.05, 0) is 43.7 Å². The van der Waals surface area contributed by atoms with Gasteiger partial charge >= 0.3 is 0 Å². The fraction of sp³-hybridized carbons (Fsp3) is 0.625. The average Bonchev–Trinajstić information content (AvgIpc) is 3.23. The number of primary amides is 1. The number of rotatable bonds is 5. The Bertz CT molecular complexity index is 823. The van der Waals surface area contributed by atoms with Gasteiger partial charge in [-0.25, -0.2) is 0 Å². The molecule has 4 rings (SSSR count). The van der Waals surface area contributed by atoms with Gasteiger partial charge in [-0.2, -0.15) is 0 Å². The highest BCUT2D eigenvalue weighted by molar-refractivity contribution is 6.02. The van der Waals surface area contributed by atoms with Gasteiger partial charge in [0, 0.05) is 31.1 Å². The molecule has 1 aromatic rings. The summed E-state index contributed by atoms with van der Waals surface area (Å²) in [5, 5.41) is 0. The molecule has 1 aromatic carbocycles. The topological polar surface area (TPSA) is 83.7 Å². The lowest BCUT2D eigenvalue weighted by atomic mass is 9.70. The maximum atomic E-state index is 14.0. The Morgan fingerprint density at radius 1 is 1.13 bits per heavy atom. The normalized spacial score (nSPS) is 23.6. The Labute approximate surface area is 178 Å². The van der Waals surface area contributed by atoms with E-state index in [-0.39, 0.29) is 29.6 Å². The molecular formula is C24H33N3O3. The second-order valence-corrected chi connectivity index (χ2v) is 9.14. The van der Waals surface area contributed by atoms with E-state index in [1.54, 1.807) is 0 Å². The Kier molecular flexibility index (Phi) is 5.85. The van der Waals surface area contributed by atoms with Crippen LogP contribution < -0.4 is 5.73 Å². The molecule has 30 heavy (non-hydrogen) atoms. The van der Waals surface area contributed by atoms with E-state index in [1.807, 2.05) is 34.1 Å². The number of carbonyl (C=O) groups excluding carboxylic acids is 3. The summed E-state index contributed by atoms with van der Waals surface area (Å²) in [7, 11) is 0. The summed E-state index contributed by atoms with van der Waals surface area (Å²) in [6.07, 6.45) is 7.07. The third-order valence-electron chi connectivity index (χ3n) is 7.48. The highest BCUT2D eigenvalue weighted by atomic mass is 16.2. The number of fused-ring (bicyclic) bond motifs is 1. The molecule has 0 unspecified atom stereocenters. The first-order valence-corrected chi connectivity index (χ1v) is 11.5. The smallest absolute Gasteiger partial charge is 0.254 e. The highest BCUT2D eigenvalue weighted by Gasteiger charge is 2.56. The predicted octanol–water partition coefficient (Wildman–Crippen LogP) is 3.06. The zero-order chi connectivity index (χ0) is 21.3. The van der Waals surface area contributed by atoms with Crippen LogP contribution in [0.3, 0.4) is 0 Å². The summed E-state index contributed by atoms with van der Waals surface area (Å²) < 4.78 is 0. The fourth-order valence-electron chi connectivity index (χ4n) is 5.85. The SMILES string of the molecule is CCCCN1C(=O)c2ccccc2[C@@H](C(=O)N2CCC(C(N)=O)CC2)C12CCCC2. The summed E-state index contributed by atoms with van der Waals surface area (Å²) in [6, 6.07) is 7.68. The number of hydrogen-bond donors (Lipinski definition) is 1. The minimum absolute atomic E-state index is 0.0810. The van der Waals surface area contributed by atoms with E-state index < -0.39 is 5.54 Å². The molecule has 3 aliphatic rings. The van der Waals surface area contributed by atoms with Crippen LogP contribution >= 0.6 is 0 Å². The summed E-state index contributed by atoms with van der Waals surface area (Å²) in [6.45, 7) is 3.96. The van der Waals surface area contributed by atoms with Crippen LogP contribution in [0, 0.1) is 5.92 Å². The fourth-order valence-corrected chi connectivity index (χ4v) is 5.85. The van der Waals surface area contributed by atoms with Gasteiger partial charge in [0.15, 0.2) is 0 Å². The number of benzene rings is 1. The lowest BCUT2D eigenvalue weighted by Gasteiger charge is -2.51. The highest BCUT2D eigenvalue weighted by Crippen LogP contribution is 2.51. The van der Waals surface area contributed by atoms with Crippen LogP contribution in [0.25, 0.3) is 0 Å². The molecule has 162 valence electrons. The number of likely N-dealkylation sites (tertiary alicyclic amines) is 1. The molecule has 1 saturated carbocycles. The molecule has 1 saturated heterocycles. The summed E-state index contributed by atoms with van der Waals surface area (Å²) in [4.78, 5) is 43.0. The Morgan fingerprint density at radius 2 is 1.80 bits per heavy atom. The quantitative estimate of drug-likeness (QED) is 0.808. The second-order valence-electron chi connectivity index (χ2n) is 9.14. The van der Waals surface area contributed by atoms with Crippen molar-refractivity contribution in [2.24, 2.45) is 11.7 Å². The number of nitrogens with two attached hydrogens (primary N) is 1. The molecule has 1 atom stereocenters. The molecule has 6 nitrogen and oxygen atoms in total. The monoisotopic (exact) mass is 411 g/mol. The van der Waals surface area contributed by atoms with Crippen LogP contribution in [0.15, 0.2) is 24.3 Å². The lowest BCUT2D eigenvalue weighted by Crippen LogP contribution is -2.61. The van der Waals surface area contributed by atoms with Crippen molar-refractivity contribution in [1.82, 2.24) is 9.80 Å². The Morgan fingerprint density at radius 3 is 2.43 bits per heavy atom. The first-order valence-electron chi connectivity index (χ1n) is 11.5. The summed E-state index contributed by atoms with van der Waals surface area (Å²) >= 11 is 0. The van der Waals surface area contributed by atoms with Crippen LogP contribution in [-0.4, -0.2) is 52.7 Å². The van der Waals surface area contributed by atoms with Crippen molar-refractivity contribution < 1.29 is 14.4 Å². The summed E-state index contributed by atoms with van der Waals surface area (Å²) in [5.74, 6) is -0.543. The molecular weight excluding hydrogens is 378 g/mol. The van der Waals surface area contributed by atoms with E-state index in [9.17, 15) is 14.4 Å². The molecule has 6 heteroatoms. The first kappa shape index (κ1) is 20.9. The van der Waals surface area contributed by atoms with Crippen molar-refractivity contribution in [2.45, 2.75) is 69.7 Å². The van der Waals surface area contributed by atoms with Crippen LogP contribution in [0.5, 0.6) is 0 Å². The maximum Gasteiger partial charge on any atom is 0.254 e. The van der Waals surface area contributed by atoms with Crippen LogP contribution in [0.1, 0.15) is 80.1 Å². The summed E-state index contributed by atoms with van der Waals surface area (Å²) in [5.41, 5.74) is 6.63. The van der Waals surface area contributed by atoms with Gasteiger partial charge in [-0.3, -0.25) is 14.4 Å². The maximum absolute atomic E-state index is 14.0. The molecule has 1 spiro atoms. The van der Waals surface area contributed by atoms with Gasteiger partial charge in [0.25, 0.3) is 5.91 Å². The van der Waals surface area contributed by atoms with Gasteiger partial charge in [0.2, 0.25) is 11.8 Å². The van der Waals surface area contributed by atoms with Crippen molar-refractivity contribution in [3.05, 3.63) is 35.4 Å².